The molecule has 1 aliphatic rings. The Kier molecular flexibility index (Phi) is 6.19. The van der Waals surface area contributed by atoms with E-state index < -0.39 is 24.1 Å². The van der Waals surface area contributed by atoms with Crippen LogP contribution in [0.15, 0.2) is 5.28 Å². The maximum Gasteiger partial charge on any atom is 0.311 e. The number of esters is 1. The summed E-state index contributed by atoms with van der Waals surface area (Å²) in [6.45, 7) is 5.26. The predicted molar refractivity (Wildman–Crippen MR) is 69.5 cm³/mol. The number of carbonyl (C=O) groups excluding carboxylic acids is 1. The molecule has 21 heavy (non-hydrogen) atoms. The van der Waals surface area contributed by atoms with Gasteiger partial charge in [0.25, 0.3) is 6.29 Å². The highest BCUT2D eigenvalue weighted by molar-refractivity contribution is 5.71. The van der Waals surface area contributed by atoms with E-state index in [1.54, 1.807) is 13.8 Å². The number of hydrogen-bond donors (Lipinski definition) is 1. The van der Waals surface area contributed by atoms with Crippen molar-refractivity contribution in [2.75, 3.05) is 13.1 Å². The molecule has 2 unspecified atom stereocenters. The molecule has 1 rings (SSSR count). The highest BCUT2D eigenvalue weighted by Crippen LogP contribution is 2.16. The van der Waals surface area contributed by atoms with Gasteiger partial charge in [0.1, 0.15) is 0 Å². The van der Waals surface area contributed by atoms with Crippen molar-refractivity contribution in [3.05, 3.63) is 5.21 Å². The van der Waals surface area contributed by atoms with E-state index >= 15 is 0 Å². The SMILES string of the molecule is CC(ON=[N+]([O-])N1CCCC(C(=O)O)C1)OC(=O)C(C)C. The van der Waals surface area contributed by atoms with Crippen molar-refractivity contribution in [3.8, 4) is 0 Å². The van der Waals surface area contributed by atoms with Crippen LogP contribution in [-0.4, -0.2) is 46.4 Å². The smallest absolute Gasteiger partial charge is 0.311 e. The number of nitrogens with zero attached hydrogens (tertiary/aromatic N) is 3. The van der Waals surface area contributed by atoms with Crippen LogP contribution in [0.1, 0.15) is 33.6 Å². The number of ether oxygens (including phenoxy) is 1. The van der Waals surface area contributed by atoms with Crippen LogP contribution in [0.5, 0.6) is 0 Å². The molecule has 9 nitrogen and oxygen atoms in total. The number of carbonyl (C=O) groups is 2. The second kappa shape index (κ2) is 7.65. The summed E-state index contributed by atoms with van der Waals surface area (Å²) in [4.78, 5) is 27.2. The number of aliphatic carboxylic acids is 1. The molecule has 120 valence electrons. The van der Waals surface area contributed by atoms with Crippen molar-refractivity contribution in [1.82, 2.24) is 5.01 Å². The Bertz CT molecular complexity index is 412. The Morgan fingerprint density at radius 2 is 2.10 bits per heavy atom. The van der Waals surface area contributed by atoms with E-state index in [2.05, 4.69) is 5.28 Å². The summed E-state index contributed by atoms with van der Waals surface area (Å²) in [5.41, 5.74) is 0. The number of piperidine rings is 1. The Morgan fingerprint density at radius 1 is 1.43 bits per heavy atom. The molecule has 1 aliphatic heterocycles. The van der Waals surface area contributed by atoms with Gasteiger partial charge in [0.2, 0.25) is 5.28 Å². The van der Waals surface area contributed by atoms with E-state index in [9.17, 15) is 14.8 Å². The fourth-order valence-corrected chi connectivity index (χ4v) is 1.79. The highest BCUT2D eigenvalue weighted by atomic mass is 16.8. The summed E-state index contributed by atoms with van der Waals surface area (Å²) < 4.78 is 4.88. The van der Waals surface area contributed by atoms with Gasteiger partial charge in [-0.3, -0.25) is 14.4 Å². The van der Waals surface area contributed by atoms with Crippen LogP contribution in [0, 0.1) is 17.0 Å². The van der Waals surface area contributed by atoms with Gasteiger partial charge in [0.05, 0.1) is 29.9 Å². The second-order valence-corrected chi connectivity index (χ2v) is 5.19. The zero-order valence-electron chi connectivity index (χ0n) is 12.4. The first-order valence-corrected chi connectivity index (χ1v) is 6.83. The number of hydrogen-bond acceptors (Lipinski definition) is 6. The molecule has 0 aromatic rings. The average Bonchev–Trinajstić information content (AvgIpc) is 2.44. The van der Waals surface area contributed by atoms with Crippen LogP contribution in [0.25, 0.3) is 0 Å². The summed E-state index contributed by atoms with van der Waals surface area (Å²) in [6, 6.07) is 0. The molecule has 2 atom stereocenters. The van der Waals surface area contributed by atoms with Crippen LogP contribution < -0.4 is 0 Å². The Hall–Kier alpha value is -2.06. The van der Waals surface area contributed by atoms with Gasteiger partial charge in [-0.15, -0.1) is 5.01 Å². The van der Waals surface area contributed by atoms with Gasteiger partial charge < -0.3 is 15.1 Å². The van der Waals surface area contributed by atoms with Gasteiger partial charge in [-0.05, 0) is 12.8 Å². The van der Waals surface area contributed by atoms with Crippen LogP contribution in [0.3, 0.4) is 0 Å². The van der Waals surface area contributed by atoms with Gasteiger partial charge in [0.15, 0.2) is 0 Å². The highest BCUT2D eigenvalue weighted by Gasteiger charge is 2.30. The van der Waals surface area contributed by atoms with Crippen LogP contribution in [-0.2, 0) is 19.2 Å². The summed E-state index contributed by atoms with van der Waals surface area (Å²) in [7, 11) is 0. The largest absolute Gasteiger partial charge is 0.569 e. The Balaban J connectivity index is 2.48. The molecule has 0 amide bonds. The molecule has 1 heterocycles. The molecular weight excluding hydrogens is 282 g/mol. The van der Waals surface area contributed by atoms with E-state index in [1.165, 1.54) is 11.9 Å². The van der Waals surface area contributed by atoms with Gasteiger partial charge in [-0.1, -0.05) is 13.8 Å². The van der Waals surface area contributed by atoms with E-state index in [4.69, 9.17) is 14.7 Å². The molecule has 0 aromatic heterocycles. The van der Waals surface area contributed by atoms with Gasteiger partial charge >= 0.3 is 11.9 Å². The van der Waals surface area contributed by atoms with Crippen LogP contribution >= 0.6 is 0 Å². The first-order chi connectivity index (χ1) is 9.81. The Labute approximate surface area is 122 Å². The Morgan fingerprint density at radius 3 is 2.67 bits per heavy atom. The average molecular weight is 303 g/mol. The van der Waals surface area contributed by atoms with Crippen LogP contribution in [0.4, 0.5) is 0 Å². The first-order valence-electron chi connectivity index (χ1n) is 6.83. The van der Waals surface area contributed by atoms with Crippen molar-refractivity contribution in [2.24, 2.45) is 17.1 Å². The molecule has 0 aromatic carbocycles. The van der Waals surface area contributed by atoms with Crippen molar-refractivity contribution in [1.29, 1.82) is 0 Å². The predicted octanol–water partition coefficient (Wildman–Crippen LogP) is 1.14. The lowest BCUT2D eigenvalue weighted by Crippen LogP contribution is -2.42. The third-order valence-corrected chi connectivity index (χ3v) is 3.01. The van der Waals surface area contributed by atoms with E-state index in [0.717, 1.165) is 0 Å². The second-order valence-electron chi connectivity index (χ2n) is 5.19. The number of carboxylic acids is 1. The summed E-state index contributed by atoms with van der Waals surface area (Å²) in [5.74, 6) is -2.30. The lowest BCUT2D eigenvalue weighted by atomic mass is 10.00. The van der Waals surface area contributed by atoms with Crippen molar-refractivity contribution in [2.45, 2.75) is 39.9 Å². The molecule has 9 heteroatoms. The molecule has 1 fully saturated rings. The lowest BCUT2D eigenvalue weighted by molar-refractivity contribution is -0.715. The molecule has 1 saturated heterocycles. The number of rotatable bonds is 6. The molecule has 0 spiro atoms. The normalized spacial score (nSPS) is 21.0. The summed E-state index contributed by atoms with van der Waals surface area (Å²) in [5, 5.41) is 25.2. The van der Waals surface area contributed by atoms with Crippen molar-refractivity contribution in [3.63, 3.8) is 0 Å². The minimum absolute atomic E-state index is 0.0753. The van der Waals surface area contributed by atoms with Gasteiger partial charge in [0, 0.05) is 6.92 Å². The molecular formula is C12H21N3O6. The van der Waals surface area contributed by atoms with Crippen LogP contribution in [0.2, 0.25) is 0 Å². The fourth-order valence-electron chi connectivity index (χ4n) is 1.79. The number of hydrazine groups is 1. The van der Waals surface area contributed by atoms with Crippen molar-refractivity contribution < 1.29 is 29.2 Å². The maximum atomic E-state index is 11.7. The van der Waals surface area contributed by atoms with Crippen molar-refractivity contribution >= 4 is 11.9 Å². The zero-order chi connectivity index (χ0) is 16.0. The molecule has 0 bridgehead atoms. The number of carboxylic acid groups (broad SMARTS) is 1. The van der Waals surface area contributed by atoms with E-state index in [-0.39, 0.29) is 17.4 Å². The first kappa shape index (κ1) is 17.0. The van der Waals surface area contributed by atoms with E-state index in [1.807, 2.05) is 0 Å². The third-order valence-electron chi connectivity index (χ3n) is 3.01. The van der Waals surface area contributed by atoms with Gasteiger partial charge in [-0.25, -0.2) is 0 Å². The van der Waals surface area contributed by atoms with E-state index in [0.29, 0.717) is 19.4 Å². The summed E-state index contributed by atoms with van der Waals surface area (Å²) >= 11 is 0. The molecule has 1 N–H and O–H groups in total. The maximum absolute atomic E-state index is 11.7. The fraction of sp³-hybridized carbons (Fsp3) is 0.833. The zero-order valence-corrected chi connectivity index (χ0v) is 12.4. The summed E-state index contributed by atoms with van der Waals surface area (Å²) in [6.07, 6.45) is 0.128. The molecule has 0 aliphatic carbocycles. The monoisotopic (exact) mass is 303 g/mol. The minimum atomic E-state index is -0.989. The quantitative estimate of drug-likeness (QED) is 0.257. The molecule has 0 radical (unpaired) electrons. The topological polar surface area (TPSA) is 114 Å². The minimum Gasteiger partial charge on any atom is -0.569 e. The molecule has 0 saturated carbocycles. The standard InChI is InChI=1S/C12H21N3O6/c1-8(2)12(18)20-9(3)21-13-15(19)14-6-4-5-10(7-14)11(16)17/h8-10H,4-7H2,1-3H3,(H,16,17). The third kappa shape index (κ3) is 5.44. The van der Waals surface area contributed by atoms with Gasteiger partial charge in [-0.2, -0.15) is 0 Å². The lowest BCUT2D eigenvalue weighted by Gasteiger charge is -2.26.